The Labute approximate surface area is 132 Å². The normalized spacial score (nSPS) is 10.4. The van der Waals surface area contributed by atoms with Gasteiger partial charge in [0, 0.05) is 22.8 Å². The predicted octanol–water partition coefficient (Wildman–Crippen LogP) is 3.39. The summed E-state index contributed by atoms with van der Waals surface area (Å²) < 4.78 is 11.2. The first kappa shape index (κ1) is 15.7. The number of halogens is 1. The molecule has 0 N–H and O–H groups in total. The van der Waals surface area contributed by atoms with Gasteiger partial charge >= 0.3 is 5.97 Å². The molecule has 1 aromatic heterocycles. The third-order valence-corrected chi connectivity index (χ3v) is 3.70. The van der Waals surface area contributed by atoms with Crippen molar-refractivity contribution >= 4 is 21.9 Å². The molecule has 21 heavy (non-hydrogen) atoms. The van der Waals surface area contributed by atoms with Gasteiger partial charge in [-0.25, -0.2) is 4.79 Å². The van der Waals surface area contributed by atoms with E-state index < -0.39 is 0 Å². The van der Waals surface area contributed by atoms with Gasteiger partial charge in [-0.2, -0.15) is 0 Å². The zero-order valence-electron chi connectivity index (χ0n) is 11.7. The van der Waals surface area contributed by atoms with E-state index in [1.54, 1.807) is 18.3 Å². The van der Waals surface area contributed by atoms with Gasteiger partial charge in [-0.05, 0) is 29.8 Å². The van der Waals surface area contributed by atoms with Gasteiger partial charge in [-0.15, -0.1) is 0 Å². The van der Waals surface area contributed by atoms with Crippen LogP contribution in [-0.2, 0) is 22.5 Å². The van der Waals surface area contributed by atoms with Crippen LogP contribution < -0.4 is 0 Å². The van der Waals surface area contributed by atoms with Gasteiger partial charge in [0.15, 0.2) is 0 Å². The molecule has 4 nitrogen and oxygen atoms in total. The van der Waals surface area contributed by atoms with Gasteiger partial charge in [0.2, 0.25) is 0 Å². The van der Waals surface area contributed by atoms with Crippen molar-refractivity contribution in [1.82, 2.24) is 4.98 Å². The van der Waals surface area contributed by atoms with Crippen LogP contribution in [0, 0.1) is 0 Å². The topological polar surface area (TPSA) is 48.4 Å². The molecule has 0 unspecified atom stereocenters. The molecule has 1 heterocycles. The molecule has 0 radical (unpaired) electrons. The molecule has 0 spiro atoms. The molecule has 0 fully saturated rings. The minimum absolute atomic E-state index is 0.349. The number of ether oxygens (including phenoxy) is 2. The lowest BCUT2D eigenvalue weighted by Crippen LogP contribution is -2.03. The number of carbonyl (C=O) groups excluding carboxylic acids is 1. The molecule has 0 aliphatic heterocycles. The maximum absolute atomic E-state index is 11.4. The average Bonchev–Trinajstić information content (AvgIpc) is 2.53. The van der Waals surface area contributed by atoms with Crippen LogP contribution >= 0.6 is 15.9 Å². The molecule has 0 saturated heterocycles. The molecule has 1 aromatic carbocycles. The van der Waals surface area contributed by atoms with Crippen molar-refractivity contribution in [1.29, 1.82) is 0 Å². The van der Waals surface area contributed by atoms with Crippen molar-refractivity contribution in [3.63, 3.8) is 0 Å². The van der Waals surface area contributed by atoms with Crippen LogP contribution in [0.4, 0.5) is 0 Å². The third-order valence-electron chi connectivity index (χ3n) is 2.96. The number of hydrogen-bond donors (Lipinski definition) is 0. The SMILES string of the molecule is COC(=O)c1ccc(COCCc2ccccn2)c(Br)c1. The van der Waals surface area contributed by atoms with Gasteiger partial charge < -0.3 is 9.47 Å². The second-order valence-electron chi connectivity index (χ2n) is 4.42. The first-order valence-corrected chi connectivity index (χ1v) is 7.34. The fourth-order valence-corrected chi connectivity index (χ4v) is 2.31. The summed E-state index contributed by atoms with van der Waals surface area (Å²) in [5, 5.41) is 0. The van der Waals surface area contributed by atoms with Crippen molar-refractivity contribution in [2.24, 2.45) is 0 Å². The molecule has 0 amide bonds. The molecule has 0 bridgehead atoms. The Morgan fingerprint density at radius 3 is 2.81 bits per heavy atom. The highest BCUT2D eigenvalue weighted by Crippen LogP contribution is 2.20. The summed E-state index contributed by atoms with van der Waals surface area (Å²) in [5.41, 5.74) is 2.52. The Balaban J connectivity index is 1.85. The molecule has 0 aliphatic rings. The number of esters is 1. The Morgan fingerprint density at radius 2 is 2.14 bits per heavy atom. The quantitative estimate of drug-likeness (QED) is 0.592. The lowest BCUT2D eigenvalue weighted by molar-refractivity contribution is 0.0600. The van der Waals surface area contributed by atoms with E-state index in [-0.39, 0.29) is 5.97 Å². The van der Waals surface area contributed by atoms with Crippen molar-refractivity contribution < 1.29 is 14.3 Å². The summed E-state index contributed by atoms with van der Waals surface area (Å²) in [6.07, 6.45) is 2.55. The highest BCUT2D eigenvalue weighted by atomic mass is 79.9. The molecule has 0 atom stereocenters. The minimum Gasteiger partial charge on any atom is -0.465 e. The van der Waals surface area contributed by atoms with Crippen LogP contribution in [0.2, 0.25) is 0 Å². The zero-order valence-corrected chi connectivity index (χ0v) is 13.3. The summed E-state index contributed by atoms with van der Waals surface area (Å²) in [6.45, 7) is 1.08. The van der Waals surface area contributed by atoms with E-state index in [1.807, 2.05) is 24.3 Å². The van der Waals surface area contributed by atoms with Crippen LogP contribution in [0.1, 0.15) is 21.6 Å². The molecule has 2 rings (SSSR count). The highest BCUT2D eigenvalue weighted by Gasteiger charge is 2.08. The van der Waals surface area contributed by atoms with E-state index >= 15 is 0 Å². The Hall–Kier alpha value is -1.72. The number of aromatic nitrogens is 1. The first-order valence-electron chi connectivity index (χ1n) is 6.55. The first-order chi connectivity index (χ1) is 10.2. The van der Waals surface area contributed by atoms with E-state index in [0.717, 1.165) is 22.2 Å². The van der Waals surface area contributed by atoms with E-state index in [0.29, 0.717) is 18.8 Å². The number of hydrogen-bond acceptors (Lipinski definition) is 4. The van der Waals surface area contributed by atoms with Crippen molar-refractivity contribution in [2.45, 2.75) is 13.0 Å². The Morgan fingerprint density at radius 1 is 1.29 bits per heavy atom. The summed E-state index contributed by atoms with van der Waals surface area (Å²) in [4.78, 5) is 15.7. The van der Waals surface area contributed by atoms with Gasteiger partial charge in [0.25, 0.3) is 0 Å². The van der Waals surface area contributed by atoms with E-state index in [9.17, 15) is 4.79 Å². The Bertz CT molecular complexity index is 602. The highest BCUT2D eigenvalue weighted by molar-refractivity contribution is 9.10. The number of methoxy groups -OCH3 is 1. The second-order valence-corrected chi connectivity index (χ2v) is 5.28. The van der Waals surface area contributed by atoms with E-state index in [1.165, 1.54) is 7.11 Å². The van der Waals surface area contributed by atoms with Gasteiger partial charge in [0.1, 0.15) is 0 Å². The zero-order chi connectivity index (χ0) is 15.1. The van der Waals surface area contributed by atoms with Crippen LogP contribution in [0.15, 0.2) is 47.1 Å². The molecule has 0 aliphatic carbocycles. The van der Waals surface area contributed by atoms with Gasteiger partial charge in [0.05, 0.1) is 25.9 Å². The summed E-state index contributed by atoms with van der Waals surface area (Å²) in [5.74, 6) is -0.349. The Kier molecular flexibility index (Phi) is 5.90. The lowest BCUT2D eigenvalue weighted by atomic mass is 10.1. The largest absolute Gasteiger partial charge is 0.465 e. The number of carbonyl (C=O) groups is 1. The number of benzene rings is 1. The standard InChI is InChI=1S/C16H16BrNO3/c1-20-16(19)12-5-6-13(15(17)10-12)11-21-9-7-14-4-2-3-8-18-14/h2-6,8,10H,7,9,11H2,1H3. The van der Waals surface area contributed by atoms with Crippen LogP contribution in [0.25, 0.3) is 0 Å². The minimum atomic E-state index is -0.349. The molecule has 2 aromatic rings. The molecule has 5 heteroatoms. The molecule has 0 saturated carbocycles. The van der Waals surface area contributed by atoms with Crippen LogP contribution in [0.3, 0.4) is 0 Å². The fraction of sp³-hybridized carbons (Fsp3) is 0.250. The average molecular weight is 350 g/mol. The summed E-state index contributed by atoms with van der Waals surface area (Å²) >= 11 is 3.44. The number of pyridine rings is 1. The fourth-order valence-electron chi connectivity index (χ4n) is 1.81. The maximum Gasteiger partial charge on any atom is 0.337 e. The van der Waals surface area contributed by atoms with Crippen LogP contribution in [-0.4, -0.2) is 24.7 Å². The van der Waals surface area contributed by atoms with Gasteiger partial charge in [-0.3, -0.25) is 4.98 Å². The molecule has 110 valence electrons. The molecular weight excluding hydrogens is 334 g/mol. The number of nitrogens with zero attached hydrogens (tertiary/aromatic N) is 1. The van der Waals surface area contributed by atoms with E-state index in [2.05, 4.69) is 25.7 Å². The van der Waals surface area contributed by atoms with E-state index in [4.69, 9.17) is 4.74 Å². The van der Waals surface area contributed by atoms with Crippen molar-refractivity contribution in [2.75, 3.05) is 13.7 Å². The third kappa shape index (κ3) is 4.65. The summed E-state index contributed by atoms with van der Waals surface area (Å²) in [7, 11) is 1.37. The van der Waals surface area contributed by atoms with Crippen LogP contribution in [0.5, 0.6) is 0 Å². The summed E-state index contributed by atoms with van der Waals surface area (Å²) in [6, 6.07) is 11.2. The van der Waals surface area contributed by atoms with Crippen molar-refractivity contribution in [3.8, 4) is 0 Å². The predicted molar refractivity (Wildman–Crippen MR) is 83.1 cm³/mol. The van der Waals surface area contributed by atoms with Crippen molar-refractivity contribution in [3.05, 3.63) is 63.9 Å². The number of rotatable bonds is 6. The lowest BCUT2D eigenvalue weighted by Gasteiger charge is -2.08. The maximum atomic E-state index is 11.4. The monoisotopic (exact) mass is 349 g/mol. The second kappa shape index (κ2) is 7.90. The smallest absolute Gasteiger partial charge is 0.337 e. The van der Waals surface area contributed by atoms with Gasteiger partial charge in [-0.1, -0.05) is 28.1 Å². The molecular formula is C16H16BrNO3.